The molecule has 4 rings (SSSR count). The third-order valence-electron chi connectivity index (χ3n) is 7.75. The monoisotopic (exact) mass is 639 g/mol. The number of nitrogens with one attached hydrogen (secondary N) is 2. The molecule has 1 aliphatic carbocycles. The molecule has 1 saturated heterocycles. The maximum Gasteiger partial charge on any atom is 0.416 e. The van der Waals surface area contributed by atoms with E-state index in [0.29, 0.717) is 27.7 Å². The fourth-order valence-corrected chi connectivity index (χ4v) is 6.38. The van der Waals surface area contributed by atoms with Gasteiger partial charge >= 0.3 is 24.5 Å². The Morgan fingerprint density at radius 3 is 1.86 bits per heavy atom. The fraction of sp³-hybridized carbons (Fsp3) is 0.500. The number of amides is 3. The second-order valence-corrected chi connectivity index (χ2v) is 12.8. The first-order valence-electron chi connectivity index (χ1n) is 13.1. The van der Waals surface area contributed by atoms with E-state index in [2.05, 4.69) is 10.6 Å². The van der Waals surface area contributed by atoms with Crippen LogP contribution in [0.15, 0.2) is 36.4 Å². The van der Waals surface area contributed by atoms with Gasteiger partial charge in [-0.25, -0.2) is 9.59 Å². The Kier molecular flexibility index (Phi) is 8.40. The Morgan fingerprint density at radius 2 is 1.43 bits per heavy atom. The van der Waals surface area contributed by atoms with Crippen LogP contribution in [0.3, 0.4) is 0 Å². The van der Waals surface area contributed by atoms with Crippen LogP contribution in [0.5, 0.6) is 0 Å². The number of rotatable bonds is 4. The predicted octanol–water partition coefficient (Wildman–Crippen LogP) is 8.27. The molecule has 1 unspecified atom stereocenters. The molecule has 2 aliphatic rings. The minimum atomic E-state index is -5.03. The second-order valence-electron chi connectivity index (χ2n) is 11.9. The third-order valence-corrected chi connectivity index (χ3v) is 8.19. The molecule has 1 heterocycles. The van der Waals surface area contributed by atoms with Crippen molar-refractivity contribution in [2.24, 2.45) is 5.41 Å². The van der Waals surface area contributed by atoms with Crippen molar-refractivity contribution in [3.05, 3.63) is 68.7 Å². The van der Waals surface area contributed by atoms with Gasteiger partial charge in [0.1, 0.15) is 0 Å². The minimum absolute atomic E-state index is 0.0449. The van der Waals surface area contributed by atoms with Crippen molar-refractivity contribution < 1.29 is 41.0 Å². The smallest absolute Gasteiger partial charge is 0.416 e. The van der Waals surface area contributed by atoms with E-state index in [4.69, 9.17) is 23.2 Å². The van der Waals surface area contributed by atoms with E-state index < -0.39 is 64.6 Å². The largest absolute Gasteiger partial charge is 0.465 e. The summed E-state index contributed by atoms with van der Waals surface area (Å²) in [4.78, 5) is 26.8. The first-order valence-corrected chi connectivity index (χ1v) is 13.8. The fourth-order valence-electron chi connectivity index (χ4n) is 5.84. The number of likely N-dealkylation sites (tertiary alicyclic amines) is 1. The van der Waals surface area contributed by atoms with Crippen molar-refractivity contribution in [2.45, 2.75) is 75.9 Å². The number of alkyl halides is 6. The zero-order chi connectivity index (χ0) is 31.4. The molecule has 3 N–H and O–H groups in total. The summed E-state index contributed by atoms with van der Waals surface area (Å²) in [6.07, 6.45) is -10.8. The van der Waals surface area contributed by atoms with E-state index >= 15 is 0 Å². The number of piperidine rings is 1. The molecule has 2 aromatic carbocycles. The van der Waals surface area contributed by atoms with Gasteiger partial charge in [-0.1, -0.05) is 44.0 Å². The zero-order valence-corrected chi connectivity index (χ0v) is 24.3. The summed E-state index contributed by atoms with van der Waals surface area (Å²) in [6.45, 7) is 5.61. The van der Waals surface area contributed by atoms with Gasteiger partial charge in [0.25, 0.3) is 0 Å². The summed E-state index contributed by atoms with van der Waals surface area (Å²) in [5.74, 6) is -0.641. The highest BCUT2D eigenvalue weighted by Gasteiger charge is 2.50. The van der Waals surface area contributed by atoms with Gasteiger partial charge in [0.15, 0.2) is 0 Å². The zero-order valence-electron chi connectivity index (χ0n) is 22.8. The molecule has 0 aromatic heterocycles. The van der Waals surface area contributed by atoms with Crippen molar-refractivity contribution in [3.8, 4) is 0 Å². The highest BCUT2D eigenvalue weighted by atomic mass is 35.5. The van der Waals surface area contributed by atoms with Crippen LogP contribution in [0.25, 0.3) is 0 Å². The highest BCUT2D eigenvalue weighted by Crippen LogP contribution is 2.49. The number of benzene rings is 2. The molecule has 2 fully saturated rings. The van der Waals surface area contributed by atoms with Crippen molar-refractivity contribution in [2.75, 3.05) is 6.54 Å². The Hall–Kier alpha value is -2.86. The first kappa shape index (κ1) is 32.1. The van der Waals surface area contributed by atoms with E-state index in [0.717, 1.165) is 0 Å². The molecule has 14 heteroatoms. The molecule has 0 spiro atoms. The lowest BCUT2D eigenvalue weighted by molar-refractivity contribution is -0.143. The lowest BCUT2D eigenvalue weighted by Crippen LogP contribution is -2.61. The van der Waals surface area contributed by atoms with Crippen LogP contribution in [0.4, 0.5) is 35.9 Å². The molecule has 2 aromatic rings. The maximum absolute atomic E-state index is 13.5. The van der Waals surface area contributed by atoms with Crippen molar-refractivity contribution in [1.29, 1.82) is 0 Å². The molecule has 6 nitrogen and oxygen atoms in total. The van der Waals surface area contributed by atoms with Crippen molar-refractivity contribution in [3.63, 3.8) is 0 Å². The Bertz CT molecular complexity index is 1320. The van der Waals surface area contributed by atoms with Crippen LogP contribution in [0, 0.1) is 5.41 Å². The molecule has 1 saturated carbocycles. The molecule has 42 heavy (non-hydrogen) atoms. The summed E-state index contributed by atoms with van der Waals surface area (Å²) in [5.41, 5.74) is -4.71. The average molecular weight is 640 g/mol. The van der Waals surface area contributed by atoms with Crippen LogP contribution >= 0.6 is 23.2 Å². The van der Waals surface area contributed by atoms with Crippen LogP contribution in [0.1, 0.15) is 68.2 Å². The number of urea groups is 1. The second kappa shape index (κ2) is 11.0. The van der Waals surface area contributed by atoms with E-state index in [1.807, 2.05) is 20.8 Å². The molecular formula is C28H29Cl2F6N3O3. The summed E-state index contributed by atoms with van der Waals surface area (Å²) in [5, 5.41) is 16.0. The van der Waals surface area contributed by atoms with Gasteiger partial charge in [-0.3, -0.25) is 0 Å². The lowest BCUT2D eigenvalue weighted by Gasteiger charge is -2.50. The van der Waals surface area contributed by atoms with Gasteiger partial charge in [-0.15, -0.1) is 0 Å². The standard InChI is InChI=1S/C28H29Cl2F6N3O3/c1-25(2,3)22-21(14-8-18(29)13-19(30)9-14)20(4-7-39(22)24(41)42)37-23(40)38-26(5-6-26)15-10-16(27(31,32)33)12-17(11-15)28(34,35)36/h8-13,20-22H,4-7H2,1-3H3,(H,41,42)(H2,37,38,40)/t20-,21-,22?/m1/s1. The quantitative estimate of drug-likeness (QED) is 0.295. The SMILES string of the molecule is CC(C)(C)C1[C@H](c2cc(Cl)cc(Cl)c2)[C@H](NC(=O)NC2(c3cc(C(F)(F)F)cc(C(F)(F)F)c3)CC2)CCN1C(=O)O. The lowest BCUT2D eigenvalue weighted by atomic mass is 9.69. The van der Waals surface area contributed by atoms with Gasteiger partial charge in [0.2, 0.25) is 0 Å². The number of carbonyl (C=O) groups excluding carboxylic acids is 1. The van der Waals surface area contributed by atoms with Gasteiger partial charge in [0, 0.05) is 34.6 Å². The number of carbonyl (C=O) groups is 2. The summed E-state index contributed by atoms with van der Waals surface area (Å²) in [6, 6.07) is 3.91. The molecule has 230 valence electrons. The third kappa shape index (κ3) is 6.85. The van der Waals surface area contributed by atoms with Gasteiger partial charge in [-0.05, 0) is 72.2 Å². The van der Waals surface area contributed by atoms with E-state index in [-0.39, 0.29) is 37.4 Å². The topological polar surface area (TPSA) is 81.7 Å². The van der Waals surface area contributed by atoms with E-state index in [1.54, 1.807) is 12.1 Å². The maximum atomic E-state index is 13.5. The molecule has 0 radical (unpaired) electrons. The van der Waals surface area contributed by atoms with Crippen LogP contribution in [-0.4, -0.2) is 40.8 Å². The number of carboxylic acid groups (broad SMARTS) is 1. The van der Waals surface area contributed by atoms with Gasteiger partial charge in [0.05, 0.1) is 16.7 Å². The average Bonchev–Trinajstić information content (AvgIpc) is 3.61. The summed E-state index contributed by atoms with van der Waals surface area (Å²) >= 11 is 12.5. The molecule has 0 bridgehead atoms. The van der Waals surface area contributed by atoms with Gasteiger partial charge in [-0.2, -0.15) is 26.3 Å². The number of hydrogen-bond donors (Lipinski definition) is 3. The molecule has 3 amide bonds. The molecule has 1 aliphatic heterocycles. The minimum Gasteiger partial charge on any atom is -0.465 e. The first-order chi connectivity index (χ1) is 19.2. The highest BCUT2D eigenvalue weighted by molar-refractivity contribution is 6.34. The predicted molar refractivity (Wildman–Crippen MR) is 145 cm³/mol. The number of halogens is 8. The van der Waals surface area contributed by atoms with Gasteiger partial charge < -0.3 is 20.6 Å². The summed E-state index contributed by atoms with van der Waals surface area (Å²) in [7, 11) is 0. The van der Waals surface area contributed by atoms with E-state index in [1.165, 1.54) is 11.0 Å². The van der Waals surface area contributed by atoms with Crippen molar-refractivity contribution in [1.82, 2.24) is 15.5 Å². The number of nitrogens with zero attached hydrogens (tertiary/aromatic N) is 1. The van der Waals surface area contributed by atoms with Crippen molar-refractivity contribution >= 4 is 35.3 Å². The number of hydrogen-bond acceptors (Lipinski definition) is 2. The molecule has 3 atom stereocenters. The normalized spacial score (nSPS) is 22.5. The van der Waals surface area contributed by atoms with Crippen LogP contribution in [0.2, 0.25) is 10.0 Å². The van der Waals surface area contributed by atoms with E-state index in [9.17, 15) is 41.0 Å². The Labute approximate surface area is 248 Å². The summed E-state index contributed by atoms with van der Waals surface area (Å²) < 4.78 is 80.8. The Morgan fingerprint density at radius 1 is 0.905 bits per heavy atom. The van der Waals surface area contributed by atoms with Crippen LogP contribution in [-0.2, 0) is 17.9 Å². The Balaban J connectivity index is 1.67. The van der Waals surface area contributed by atoms with Crippen LogP contribution < -0.4 is 10.6 Å². The molecular weight excluding hydrogens is 611 g/mol.